The lowest BCUT2D eigenvalue weighted by Crippen LogP contribution is -2.29. The van der Waals surface area contributed by atoms with Crippen LogP contribution in [0.5, 0.6) is 0 Å². The van der Waals surface area contributed by atoms with Gasteiger partial charge >= 0.3 is 0 Å². The van der Waals surface area contributed by atoms with Crippen molar-refractivity contribution >= 4 is 5.82 Å². The fourth-order valence-electron chi connectivity index (χ4n) is 0.881. The lowest BCUT2D eigenvalue weighted by Gasteiger charge is -2.18. The molecule has 0 saturated heterocycles. The first-order valence-electron chi connectivity index (χ1n) is 4.23. The van der Waals surface area contributed by atoms with Gasteiger partial charge in [0.2, 0.25) is 0 Å². The summed E-state index contributed by atoms with van der Waals surface area (Å²) in [5.41, 5.74) is 0.107. The Morgan fingerprint density at radius 3 is 2.54 bits per heavy atom. The molecule has 0 amide bonds. The zero-order valence-electron chi connectivity index (χ0n) is 8.20. The number of hydrogen-bond donors (Lipinski definition) is 2. The van der Waals surface area contributed by atoms with Gasteiger partial charge in [-0.15, -0.1) is 0 Å². The van der Waals surface area contributed by atoms with Crippen LogP contribution in [0.3, 0.4) is 0 Å². The Morgan fingerprint density at radius 2 is 2.00 bits per heavy atom. The molecule has 0 bridgehead atoms. The van der Waals surface area contributed by atoms with Gasteiger partial charge in [0.25, 0.3) is 0 Å². The van der Waals surface area contributed by atoms with E-state index in [9.17, 15) is 5.11 Å². The molecule has 0 aliphatic heterocycles. The van der Waals surface area contributed by atoms with Crippen molar-refractivity contribution in [2.24, 2.45) is 0 Å². The summed E-state index contributed by atoms with van der Waals surface area (Å²) in [5, 5.41) is 12.5. The minimum Gasteiger partial charge on any atom is -0.389 e. The van der Waals surface area contributed by atoms with Gasteiger partial charge in [-0.1, -0.05) is 0 Å². The van der Waals surface area contributed by atoms with Crippen LogP contribution in [0.1, 0.15) is 19.5 Å². The largest absolute Gasteiger partial charge is 0.389 e. The molecule has 4 nitrogen and oxygen atoms in total. The SMILES string of the molecule is Cc1nccnc1NCC(C)(C)O. The molecule has 0 aliphatic rings. The van der Waals surface area contributed by atoms with E-state index in [-0.39, 0.29) is 0 Å². The summed E-state index contributed by atoms with van der Waals surface area (Å²) in [6, 6.07) is 0. The summed E-state index contributed by atoms with van der Waals surface area (Å²) in [4.78, 5) is 8.17. The van der Waals surface area contributed by atoms with Gasteiger partial charge in [0, 0.05) is 18.9 Å². The average Bonchev–Trinajstić information content (AvgIpc) is 2.01. The van der Waals surface area contributed by atoms with Crippen molar-refractivity contribution in [2.75, 3.05) is 11.9 Å². The van der Waals surface area contributed by atoms with Crippen LogP contribution in [0.4, 0.5) is 5.82 Å². The molecule has 0 aliphatic carbocycles. The Balaban J connectivity index is 2.60. The summed E-state index contributed by atoms with van der Waals surface area (Å²) in [6.07, 6.45) is 3.27. The maximum absolute atomic E-state index is 9.46. The van der Waals surface area contributed by atoms with Crippen molar-refractivity contribution in [3.05, 3.63) is 18.1 Å². The van der Waals surface area contributed by atoms with Crippen LogP contribution in [-0.4, -0.2) is 27.2 Å². The first kappa shape index (κ1) is 9.92. The van der Waals surface area contributed by atoms with Crippen molar-refractivity contribution in [3.8, 4) is 0 Å². The highest BCUT2D eigenvalue weighted by molar-refractivity contribution is 5.38. The molecule has 1 aromatic rings. The molecule has 4 heteroatoms. The summed E-state index contributed by atoms with van der Waals surface area (Å²) in [7, 11) is 0. The Bertz CT molecular complexity index is 280. The van der Waals surface area contributed by atoms with Crippen LogP contribution in [-0.2, 0) is 0 Å². The molecule has 1 aromatic heterocycles. The lowest BCUT2D eigenvalue weighted by atomic mass is 10.1. The molecule has 1 rings (SSSR count). The summed E-state index contributed by atoms with van der Waals surface area (Å²) in [5.74, 6) is 0.727. The van der Waals surface area contributed by atoms with Crippen LogP contribution in [0, 0.1) is 6.92 Å². The number of aromatic nitrogens is 2. The molecule has 0 spiro atoms. The van der Waals surface area contributed by atoms with Crippen LogP contribution >= 0.6 is 0 Å². The third-order valence-corrected chi connectivity index (χ3v) is 1.57. The summed E-state index contributed by atoms with van der Waals surface area (Å²) < 4.78 is 0. The number of nitrogens with zero attached hydrogens (tertiary/aromatic N) is 2. The highest BCUT2D eigenvalue weighted by Crippen LogP contribution is 2.08. The molecular weight excluding hydrogens is 166 g/mol. The number of aryl methyl sites for hydroxylation is 1. The maximum atomic E-state index is 9.46. The zero-order chi connectivity index (χ0) is 9.90. The quantitative estimate of drug-likeness (QED) is 0.729. The lowest BCUT2D eigenvalue weighted by molar-refractivity contribution is 0.0944. The van der Waals surface area contributed by atoms with Crippen molar-refractivity contribution < 1.29 is 5.11 Å². The van der Waals surface area contributed by atoms with Crippen molar-refractivity contribution in [1.29, 1.82) is 0 Å². The zero-order valence-corrected chi connectivity index (χ0v) is 8.20. The van der Waals surface area contributed by atoms with Gasteiger partial charge in [-0.3, -0.25) is 4.98 Å². The minimum absolute atomic E-state index is 0.465. The minimum atomic E-state index is -0.732. The smallest absolute Gasteiger partial charge is 0.147 e. The van der Waals surface area contributed by atoms with Gasteiger partial charge < -0.3 is 10.4 Å². The number of anilines is 1. The molecular formula is C9H15N3O. The second-order valence-corrected chi connectivity index (χ2v) is 3.66. The van der Waals surface area contributed by atoms with Gasteiger partial charge in [-0.2, -0.15) is 0 Å². The van der Waals surface area contributed by atoms with Gasteiger partial charge in [-0.05, 0) is 20.8 Å². The molecule has 0 unspecified atom stereocenters. The maximum Gasteiger partial charge on any atom is 0.147 e. The van der Waals surface area contributed by atoms with Crippen molar-refractivity contribution in [3.63, 3.8) is 0 Å². The summed E-state index contributed by atoms with van der Waals surface area (Å²) in [6.45, 7) is 5.82. The Labute approximate surface area is 78.0 Å². The van der Waals surface area contributed by atoms with Gasteiger partial charge in [0.1, 0.15) is 5.82 Å². The van der Waals surface area contributed by atoms with Crippen molar-refractivity contribution in [1.82, 2.24) is 9.97 Å². The molecule has 0 radical (unpaired) electrons. The molecule has 13 heavy (non-hydrogen) atoms. The van der Waals surface area contributed by atoms with E-state index in [0.717, 1.165) is 11.5 Å². The highest BCUT2D eigenvalue weighted by atomic mass is 16.3. The van der Waals surface area contributed by atoms with E-state index in [1.165, 1.54) is 0 Å². The van der Waals surface area contributed by atoms with Gasteiger partial charge in [0.15, 0.2) is 0 Å². The number of rotatable bonds is 3. The fourth-order valence-corrected chi connectivity index (χ4v) is 0.881. The second kappa shape index (κ2) is 3.70. The topological polar surface area (TPSA) is 58.0 Å². The van der Waals surface area contributed by atoms with Crippen LogP contribution < -0.4 is 5.32 Å². The highest BCUT2D eigenvalue weighted by Gasteiger charge is 2.12. The van der Waals surface area contributed by atoms with E-state index in [0.29, 0.717) is 6.54 Å². The average molecular weight is 181 g/mol. The number of nitrogens with one attached hydrogen (secondary N) is 1. The fraction of sp³-hybridized carbons (Fsp3) is 0.556. The second-order valence-electron chi connectivity index (χ2n) is 3.66. The van der Waals surface area contributed by atoms with Crippen molar-refractivity contribution in [2.45, 2.75) is 26.4 Å². The van der Waals surface area contributed by atoms with Crippen LogP contribution in [0.2, 0.25) is 0 Å². The van der Waals surface area contributed by atoms with Gasteiger partial charge in [0.05, 0.1) is 11.3 Å². The molecule has 0 fully saturated rings. The van der Waals surface area contributed by atoms with E-state index < -0.39 is 5.60 Å². The number of aliphatic hydroxyl groups is 1. The third kappa shape index (κ3) is 3.38. The molecule has 0 saturated carbocycles. The predicted octanol–water partition coefficient (Wildman–Crippen LogP) is 0.968. The first-order valence-corrected chi connectivity index (χ1v) is 4.23. The van der Waals surface area contributed by atoms with E-state index in [2.05, 4.69) is 15.3 Å². The monoisotopic (exact) mass is 181 g/mol. The Morgan fingerprint density at radius 1 is 1.38 bits per heavy atom. The Kier molecular flexibility index (Phi) is 2.83. The molecule has 2 N–H and O–H groups in total. The molecule has 0 atom stereocenters. The molecule has 0 aromatic carbocycles. The first-order chi connectivity index (χ1) is 5.99. The van der Waals surface area contributed by atoms with Crippen LogP contribution in [0.25, 0.3) is 0 Å². The van der Waals surface area contributed by atoms with E-state index in [4.69, 9.17) is 0 Å². The molecule has 1 heterocycles. The Hall–Kier alpha value is -1.16. The summed E-state index contributed by atoms with van der Waals surface area (Å²) >= 11 is 0. The van der Waals surface area contributed by atoms with Crippen LogP contribution in [0.15, 0.2) is 12.4 Å². The van der Waals surface area contributed by atoms with E-state index >= 15 is 0 Å². The number of hydrogen-bond acceptors (Lipinski definition) is 4. The van der Waals surface area contributed by atoms with E-state index in [1.54, 1.807) is 26.2 Å². The normalized spacial score (nSPS) is 11.4. The van der Waals surface area contributed by atoms with Gasteiger partial charge in [-0.25, -0.2) is 4.98 Å². The standard InChI is InChI=1S/C9H15N3O/c1-7-8(11-5-4-10-7)12-6-9(2,3)13/h4-5,13H,6H2,1-3H3,(H,11,12). The predicted molar refractivity (Wildman–Crippen MR) is 51.6 cm³/mol. The van der Waals surface area contributed by atoms with E-state index in [1.807, 2.05) is 6.92 Å². The third-order valence-electron chi connectivity index (χ3n) is 1.57. The molecule has 72 valence electrons.